The molecule has 28 heavy (non-hydrogen) atoms. The number of aliphatic hydroxyl groups excluding tert-OH is 1. The van der Waals surface area contributed by atoms with Gasteiger partial charge in [0, 0.05) is 10.9 Å². The lowest BCUT2D eigenvalue weighted by atomic mass is 10.00. The molecular weight excluding hydrogens is 380 g/mol. The minimum atomic E-state index is -0.245. The van der Waals surface area contributed by atoms with Crippen molar-refractivity contribution in [1.29, 1.82) is 0 Å². The molecule has 2 atom stereocenters. The molecule has 2 aromatic rings. The summed E-state index contributed by atoms with van der Waals surface area (Å²) in [4.78, 5) is 16.9. The number of thiazole rings is 1. The van der Waals surface area contributed by atoms with Crippen LogP contribution in [0.2, 0.25) is 0 Å². The number of amides is 1. The zero-order valence-electron chi connectivity index (χ0n) is 16.9. The van der Waals surface area contributed by atoms with E-state index in [-0.39, 0.29) is 30.9 Å². The number of aromatic nitrogens is 1. The highest BCUT2D eigenvalue weighted by atomic mass is 32.1. The van der Waals surface area contributed by atoms with Gasteiger partial charge in [-0.3, -0.25) is 4.79 Å². The van der Waals surface area contributed by atoms with Gasteiger partial charge in [-0.1, -0.05) is 20.3 Å². The van der Waals surface area contributed by atoms with Crippen LogP contribution in [0.1, 0.15) is 26.0 Å². The highest BCUT2D eigenvalue weighted by molar-refractivity contribution is 7.13. The van der Waals surface area contributed by atoms with E-state index in [2.05, 4.69) is 10.3 Å². The Bertz CT molecular complexity index is 768. The second-order valence-corrected chi connectivity index (χ2v) is 7.34. The summed E-state index contributed by atoms with van der Waals surface area (Å²) in [5.41, 5.74) is 1.49. The molecule has 154 valence electrons. The lowest BCUT2D eigenvalue weighted by molar-refractivity contribution is -0.121. The van der Waals surface area contributed by atoms with Crippen molar-refractivity contribution in [1.82, 2.24) is 10.3 Å². The molecule has 1 heterocycles. The van der Waals surface area contributed by atoms with Gasteiger partial charge in [-0.25, -0.2) is 4.98 Å². The number of methoxy groups -OCH3 is 3. The molecule has 0 saturated heterocycles. The second-order valence-electron chi connectivity index (χ2n) is 6.48. The number of nitrogens with zero attached hydrogens (tertiary/aromatic N) is 1. The maximum absolute atomic E-state index is 12.3. The first-order valence-corrected chi connectivity index (χ1v) is 10.00. The Morgan fingerprint density at radius 3 is 2.36 bits per heavy atom. The zero-order valence-corrected chi connectivity index (χ0v) is 17.8. The standard InChI is InChI=1S/C20H28N2O5S/c1-6-12(2)15(10-23)22-18(24)9-14-11-28-20(21-14)13-7-16(25-3)19(27-5)17(8-13)26-4/h7-8,11-12,15,23H,6,9-10H2,1-5H3,(H,22,24)/t12-,15+/m1/s1. The van der Waals surface area contributed by atoms with Crippen molar-refractivity contribution in [2.24, 2.45) is 5.92 Å². The average molecular weight is 409 g/mol. The number of benzene rings is 1. The summed E-state index contributed by atoms with van der Waals surface area (Å²) < 4.78 is 16.1. The van der Waals surface area contributed by atoms with Crippen molar-refractivity contribution in [3.05, 3.63) is 23.2 Å². The highest BCUT2D eigenvalue weighted by Gasteiger charge is 2.19. The second kappa shape index (κ2) is 10.3. The van der Waals surface area contributed by atoms with Crippen LogP contribution in [0.5, 0.6) is 17.2 Å². The Hall–Kier alpha value is -2.32. The van der Waals surface area contributed by atoms with Crippen LogP contribution < -0.4 is 19.5 Å². The van der Waals surface area contributed by atoms with E-state index in [0.717, 1.165) is 17.0 Å². The first kappa shape index (κ1) is 22.0. The summed E-state index contributed by atoms with van der Waals surface area (Å²) in [5, 5.41) is 15.0. The van der Waals surface area contributed by atoms with Crippen LogP contribution in [-0.4, -0.2) is 50.0 Å². The minimum absolute atomic E-state index is 0.0749. The molecule has 8 heteroatoms. The molecule has 0 fully saturated rings. The molecule has 2 rings (SSSR count). The number of carbonyl (C=O) groups excluding carboxylic acids is 1. The number of ether oxygens (including phenoxy) is 3. The van der Waals surface area contributed by atoms with Gasteiger partial charge in [0.15, 0.2) is 11.5 Å². The predicted molar refractivity (Wildman–Crippen MR) is 109 cm³/mol. The molecule has 1 amide bonds. The first-order valence-electron chi connectivity index (χ1n) is 9.12. The third-order valence-corrected chi connectivity index (χ3v) is 5.62. The normalized spacial score (nSPS) is 12.9. The van der Waals surface area contributed by atoms with Crippen LogP contribution >= 0.6 is 11.3 Å². The molecule has 1 aromatic carbocycles. The molecular formula is C20H28N2O5S. The SMILES string of the molecule is CC[C@@H](C)[C@H](CO)NC(=O)Cc1csc(-c2cc(OC)c(OC)c(OC)c2)n1. The van der Waals surface area contributed by atoms with Gasteiger partial charge < -0.3 is 24.6 Å². The van der Waals surface area contributed by atoms with Crippen molar-refractivity contribution >= 4 is 17.2 Å². The molecule has 0 radical (unpaired) electrons. The first-order chi connectivity index (χ1) is 13.5. The van der Waals surface area contributed by atoms with Crippen LogP contribution in [-0.2, 0) is 11.2 Å². The van der Waals surface area contributed by atoms with Gasteiger partial charge in [0.05, 0.1) is 46.1 Å². The fourth-order valence-electron chi connectivity index (χ4n) is 2.80. The van der Waals surface area contributed by atoms with Gasteiger partial charge in [0.1, 0.15) is 5.01 Å². The molecule has 2 N–H and O–H groups in total. The van der Waals surface area contributed by atoms with Crippen molar-refractivity contribution in [2.45, 2.75) is 32.7 Å². The Labute approximate surface area is 169 Å². The van der Waals surface area contributed by atoms with Gasteiger partial charge in [0.2, 0.25) is 11.7 Å². The summed E-state index contributed by atoms with van der Waals surface area (Å²) in [6, 6.07) is 3.41. The van der Waals surface area contributed by atoms with Gasteiger partial charge >= 0.3 is 0 Å². The Kier molecular flexibility index (Phi) is 8.07. The third-order valence-electron chi connectivity index (χ3n) is 4.68. The quantitative estimate of drug-likeness (QED) is 0.628. The molecule has 0 aliphatic carbocycles. The van der Waals surface area contributed by atoms with Crippen LogP contribution in [0.15, 0.2) is 17.5 Å². The highest BCUT2D eigenvalue weighted by Crippen LogP contribution is 2.41. The molecule has 0 aliphatic heterocycles. The zero-order chi connectivity index (χ0) is 20.7. The van der Waals surface area contributed by atoms with E-state index >= 15 is 0 Å². The summed E-state index contributed by atoms with van der Waals surface area (Å²) in [6.45, 7) is 3.96. The van der Waals surface area contributed by atoms with Crippen LogP contribution in [0, 0.1) is 5.92 Å². The molecule has 0 spiro atoms. The van der Waals surface area contributed by atoms with Crippen LogP contribution in [0.3, 0.4) is 0 Å². The molecule has 7 nitrogen and oxygen atoms in total. The number of rotatable bonds is 10. The van der Waals surface area contributed by atoms with Crippen LogP contribution in [0.4, 0.5) is 0 Å². The molecule has 0 unspecified atom stereocenters. The van der Waals surface area contributed by atoms with Gasteiger partial charge in [0.25, 0.3) is 0 Å². The number of hydrogen-bond donors (Lipinski definition) is 2. The molecule has 0 bridgehead atoms. The van der Waals surface area contributed by atoms with Gasteiger partial charge in [-0.05, 0) is 18.1 Å². The third kappa shape index (κ3) is 5.14. The largest absolute Gasteiger partial charge is 0.493 e. The Balaban J connectivity index is 2.17. The van der Waals surface area contributed by atoms with E-state index in [9.17, 15) is 9.90 Å². The molecule has 1 aromatic heterocycles. The number of aliphatic hydroxyl groups is 1. The van der Waals surface area contributed by atoms with E-state index in [4.69, 9.17) is 14.2 Å². The molecule has 0 saturated carbocycles. The van der Waals surface area contributed by atoms with E-state index in [0.29, 0.717) is 22.9 Å². The number of carbonyl (C=O) groups is 1. The van der Waals surface area contributed by atoms with E-state index in [1.165, 1.54) is 11.3 Å². The molecule has 0 aliphatic rings. The number of nitrogens with one attached hydrogen (secondary N) is 1. The lowest BCUT2D eigenvalue weighted by Crippen LogP contribution is -2.42. The fourth-order valence-corrected chi connectivity index (χ4v) is 3.61. The van der Waals surface area contributed by atoms with Crippen molar-refractivity contribution in [3.8, 4) is 27.8 Å². The Morgan fingerprint density at radius 1 is 1.21 bits per heavy atom. The maximum atomic E-state index is 12.3. The van der Waals surface area contributed by atoms with Gasteiger partial charge in [-0.15, -0.1) is 11.3 Å². The summed E-state index contributed by atoms with van der Waals surface area (Å²) >= 11 is 1.44. The smallest absolute Gasteiger partial charge is 0.226 e. The van der Waals surface area contributed by atoms with Crippen molar-refractivity contribution in [2.75, 3.05) is 27.9 Å². The summed E-state index contributed by atoms with van der Waals surface area (Å²) in [5.74, 6) is 1.67. The van der Waals surface area contributed by atoms with E-state index in [1.54, 1.807) is 21.3 Å². The lowest BCUT2D eigenvalue weighted by Gasteiger charge is -2.21. The maximum Gasteiger partial charge on any atom is 0.226 e. The van der Waals surface area contributed by atoms with Crippen LogP contribution in [0.25, 0.3) is 10.6 Å². The summed E-state index contributed by atoms with van der Waals surface area (Å²) in [7, 11) is 4.68. The topological polar surface area (TPSA) is 89.9 Å². The average Bonchev–Trinajstić information content (AvgIpc) is 3.18. The Morgan fingerprint density at radius 2 is 1.86 bits per heavy atom. The number of hydrogen-bond acceptors (Lipinski definition) is 7. The minimum Gasteiger partial charge on any atom is -0.493 e. The monoisotopic (exact) mass is 408 g/mol. The van der Waals surface area contributed by atoms with Gasteiger partial charge in [-0.2, -0.15) is 0 Å². The van der Waals surface area contributed by atoms with E-state index in [1.807, 2.05) is 31.4 Å². The summed E-state index contributed by atoms with van der Waals surface area (Å²) in [6.07, 6.45) is 1.04. The van der Waals surface area contributed by atoms with E-state index < -0.39 is 0 Å². The van der Waals surface area contributed by atoms with Crippen molar-refractivity contribution in [3.63, 3.8) is 0 Å². The predicted octanol–water partition coefficient (Wildman–Crippen LogP) is 2.90. The van der Waals surface area contributed by atoms with Crippen molar-refractivity contribution < 1.29 is 24.1 Å². The fraction of sp³-hybridized carbons (Fsp3) is 0.500.